The summed E-state index contributed by atoms with van der Waals surface area (Å²) in [7, 11) is 1.55. The monoisotopic (exact) mass is 289 g/mol. The van der Waals surface area contributed by atoms with Crippen LogP contribution in [-0.4, -0.2) is 13.0 Å². The van der Waals surface area contributed by atoms with E-state index in [-0.39, 0.29) is 5.91 Å². The molecule has 2 aromatic carbocycles. The van der Waals surface area contributed by atoms with Crippen LogP contribution in [-0.2, 0) is 12.4 Å². The van der Waals surface area contributed by atoms with Crippen LogP contribution >= 0.6 is 11.6 Å². The molecule has 0 unspecified atom stereocenters. The highest BCUT2D eigenvalue weighted by Gasteiger charge is 2.10. The van der Waals surface area contributed by atoms with Crippen LogP contribution in [0.5, 0.6) is 5.75 Å². The van der Waals surface area contributed by atoms with E-state index in [2.05, 4.69) is 5.32 Å². The lowest BCUT2D eigenvalue weighted by molar-refractivity contribution is 0.0948. The van der Waals surface area contributed by atoms with Gasteiger partial charge in [0.05, 0.1) is 12.7 Å². The molecule has 20 heavy (non-hydrogen) atoms. The highest BCUT2D eigenvalue weighted by molar-refractivity contribution is 6.17. The van der Waals surface area contributed by atoms with Gasteiger partial charge in [-0.1, -0.05) is 36.4 Å². The first-order valence-electron chi connectivity index (χ1n) is 6.29. The SMILES string of the molecule is COc1ccccc1C(=O)NCc1cccc(CCl)c1. The average Bonchev–Trinajstić information content (AvgIpc) is 2.52. The third-order valence-corrected chi connectivity index (χ3v) is 3.26. The number of carbonyl (C=O) groups is 1. The number of rotatable bonds is 5. The fraction of sp³-hybridized carbons (Fsp3) is 0.188. The Hall–Kier alpha value is -2.00. The number of hydrogen-bond donors (Lipinski definition) is 1. The highest BCUT2D eigenvalue weighted by atomic mass is 35.5. The number of halogens is 1. The summed E-state index contributed by atoms with van der Waals surface area (Å²) in [5.41, 5.74) is 2.59. The van der Waals surface area contributed by atoms with Crippen molar-refractivity contribution >= 4 is 17.5 Å². The van der Waals surface area contributed by atoms with Crippen molar-refractivity contribution in [1.82, 2.24) is 5.32 Å². The quantitative estimate of drug-likeness (QED) is 0.857. The zero-order valence-electron chi connectivity index (χ0n) is 11.2. The minimum atomic E-state index is -0.154. The van der Waals surface area contributed by atoms with Crippen LogP contribution in [0.3, 0.4) is 0 Å². The molecule has 0 saturated heterocycles. The van der Waals surface area contributed by atoms with Gasteiger partial charge in [0.1, 0.15) is 5.75 Å². The van der Waals surface area contributed by atoms with Crippen molar-refractivity contribution in [3.63, 3.8) is 0 Å². The van der Waals surface area contributed by atoms with Gasteiger partial charge in [0, 0.05) is 12.4 Å². The summed E-state index contributed by atoms with van der Waals surface area (Å²) in [6.45, 7) is 0.460. The van der Waals surface area contributed by atoms with Crippen molar-refractivity contribution in [1.29, 1.82) is 0 Å². The van der Waals surface area contributed by atoms with Crippen LogP contribution in [0.25, 0.3) is 0 Å². The number of ether oxygens (including phenoxy) is 1. The summed E-state index contributed by atoms with van der Waals surface area (Å²) >= 11 is 5.79. The van der Waals surface area contributed by atoms with Gasteiger partial charge in [-0.2, -0.15) is 0 Å². The molecule has 3 nitrogen and oxygen atoms in total. The Morgan fingerprint density at radius 1 is 1.15 bits per heavy atom. The van der Waals surface area contributed by atoms with Crippen molar-refractivity contribution in [3.05, 3.63) is 65.2 Å². The average molecular weight is 290 g/mol. The predicted octanol–water partition coefficient (Wildman–Crippen LogP) is 3.36. The molecule has 0 aliphatic carbocycles. The molecule has 1 amide bonds. The molecule has 0 heterocycles. The lowest BCUT2D eigenvalue weighted by atomic mass is 10.1. The zero-order chi connectivity index (χ0) is 14.4. The summed E-state index contributed by atoms with van der Waals surface area (Å²) in [6, 6.07) is 15.0. The molecule has 0 atom stereocenters. The number of para-hydroxylation sites is 1. The molecule has 0 fully saturated rings. The van der Waals surface area contributed by atoms with Crippen molar-refractivity contribution in [2.45, 2.75) is 12.4 Å². The zero-order valence-corrected chi connectivity index (χ0v) is 12.0. The molecule has 104 valence electrons. The van der Waals surface area contributed by atoms with Crippen LogP contribution in [0.4, 0.5) is 0 Å². The molecule has 4 heteroatoms. The number of nitrogens with one attached hydrogen (secondary N) is 1. The largest absolute Gasteiger partial charge is 0.496 e. The van der Waals surface area contributed by atoms with E-state index in [0.29, 0.717) is 23.7 Å². The van der Waals surface area contributed by atoms with Crippen molar-refractivity contribution < 1.29 is 9.53 Å². The van der Waals surface area contributed by atoms with E-state index < -0.39 is 0 Å². The van der Waals surface area contributed by atoms with E-state index in [9.17, 15) is 4.79 Å². The third kappa shape index (κ3) is 3.52. The van der Waals surface area contributed by atoms with Gasteiger partial charge >= 0.3 is 0 Å². The van der Waals surface area contributed by atoms with E-state index in [4.69, 9.17) is 16.3 Å². The molecular weight excluding hydrogens is 274 g/mol. The van der Waals surface area contributed by atoms with Crippen molar-refractivity contribution in [2.75, 3.05) is 7.11 Å². The lowest BCUT2D eigenvalue weighted by Crippen LogP contribution is -2.23. The minimum Gasteiger partial charge on any atom is -0.496 e. The second kappa shape index (κ2) is 6.96. The Morgan fingerprint density at radius 3 is 2.65 bits per heavy atom. The lowest BCUT2D eigenvalue weighted by Gasteiger charge is -2.09. The molecule has 0 bridgehead atoms. The van der Waals surface area contributed by atoms with Gasteiger partial charge in [0.25, 0.3) is 5.91 Å². The fourth-order valence-electron chi connectivity index (χ4n) is 1.93. The Balaban J connectivity index is 2.04. The number of methoxy groups -OCH3 is 1. The van der Waals surface area contributed by atoms with Gasteiger partial charge in [0.2, 0.25) is 0 Å². The maximum atomic E-state index is 12.1. The second-order valence-corrected chi connectivity index (χ2v) is 4.60. The minimum absolute atomic E-state index is 0.154. The van der Waals surface area contributed by atoms with Crippen LogP contribution in [0.2, 0.25) is 0 Å². The molecule has 0 aliphatic rings. The van der Waals surface area contributed by atoms with Crippen LogP contribution in [0.15, 0.2) is 48.5 Å². The number of alkyl halides is 1. The van der Waals surface area contributed by atoms with Gasteiger partial charge in [-0.05, 0) is 23.3 Å². The fourth-order valence-corrected chi connectivity index (χ4v) is 2.10. The summed E-state index contributed by atoms with van der Waals surface area (Å²) < 4.78 is 5.18. The Morgan fingerprint density at radius 2 is 1.90 bits per heavy atom. The predicted molar refractivity (Wildman–Crippen MR) is 80.2 cm³/mol. The van der Waals surface area contributed by atoms with Crippen LogP contribution < -0.4 is 10.1 Å². The normalized spacial score (nSPS) is 10.1. The number of hydrogen-bond acceptors (Lipinski definition) is 2. The van der Waals surface area contributed by atoms with Gasteiger partial charge in [0.15, 0.2) is 0 Å². The molecule has 2 rings (SSSR count). The Bertz CT molecular complexity index is 599. The molecule has 1 N–H and O–H groups in total. The molecule has 0 aromatic heterocycles. The summed E-state index contributed by atoms with van der Waals surface area (Å²) in [5.74, 6) is 0.882. The third-order valence-electron chi connectivity index (χ3n) is 2.95. The molecule has 0 aliphatic heterocycles. The maximum absolute atomic E-state index is 12.1. The maximum Gasteiger partial charge on any atom is 0.255 e. The van der Waals surface area contributed by atoms with E-state index in [1.807, 2.05) is 36.4 Å². The van der Waals surface area contributed by atoms with Crippen LogP contribution in [0, 0.1) is 0 Å². The van der Waals surface area contributed by atoms with Gasteiger partial charge < -0.3 is 10.1 Å². The van der Waals surface area contributed by atoms with E-state index in [1.54, 1.807) is 19.2 Å². The highest BCUT2D eigenvalue weighted by Crippen LogP contribution is 2.17. The van der Waals surface area contributed by atoms with Gasteiger partial charge in [-0.3, -0.25) is 4.79 Å². The molecular formula is C16H16ClNO2. The van der Waals surface area contributed by atoms with E-state index >= 15 is 0 Å². The first-order chi connectivity index (χ1) is 9.74. The first kappa shape index (κ1) is 14.4. The molecule has 0 radical (unpaired) electrons. The van der Waals surface area contributed by atoms with Gasteiger partial charge in [-0.25, -0.2) is 0 Å². The van der Waals surface area contributed by atoms with E-state index in [0.717, 1.165) is 11.1 Å². The Labute approximate surface area is 123 Å². The number of amides is 1. The summed E-state index contributed by atoms with van der Waals surface area (Å²) in [5, 5.41) is 2.88. The first-order valence-corrected chi connectivity index (χ1v) is 6.83. The van der Waals surface area contributed by atoms with Crippen LogP contribution in [0.1, 0.15) is 21.5 Å². The smallest absolute Gasteiger partial charge is 0.255 e. The van der Waals surface area contributed by atoms with Crippen molar-refractivity contribution in [2.24, 2.45) is 0 Å². The summed E-state index contributed by atoms with van der Waals surface area (Å²) in [4.78, 5) is 12.1. The molecule has 2 aromatic rings. The standard InChI is InChI=1S/C16H16ClNO2/c1-20-15-8-3-2-7-14(15)16(19)18-11-13-6-4-5-12(9-13)10-17/h2-9H,10-11H2,1H3,(H,18,19). The van der Waals surface area contributed by atoms with Crippen molar-refractivity contribution in [3.8, 4) is 5.75 Å². The van der Waals surface area contributed by atoms with Gasteiger partial charge in [-0.15, -0.1) is 11.6 Å². The molecule has 0 spiro atoms. The summed E-state index contributed by atoms with van der Waals surface area (Å²) in [6.07, 6.45) is 0. The topological polar surface area (TPSA) is 38.3 Å². The second-order valence-electron chi connectivity index (χ2n) is 4.34. The molecule has 0 saturated carbocycles. The number of benzene rings is 2. The van der Waals surface area contributed by atoms with E-state index in [1.165, 1.54) is 0 Å². The Kier molecular flexibility index (Phi) is 5.02. The number of carbonyl (C=O) groups excluding carboxylic acids is 1.